The van der Waals surface area contributed by atoms with Crippen LogP contribution in [0.25, 0.3) is 0 Å². The number of nitrogens with zero attached hydrogens (tertiary/aromatic N) is 1. The number of rotatable bonds is 7. The summed E-state index contributed by atoms with van der Waals surface area (Å²) < 4.78 is 37.5. The Labute approximate surface area is 227 Å². The van der Waals surface area contributed by atoms with Gasteiger partial charge in [0.05, 0.1) is 32.6 Å². The van der Waals surface area contributed by atoms with Crippen molar-refractivity contribution in [3.05, 3.63) is 80.5 Å². The molecule has 1 aromatic heterocycles. The van der Waals surface area contributed by atoms with Crippen molar-refractivity contribution >= 4 is 58.2 Å². The van der Waals surface area contributed by atoms with Gasteiger partial charge >= 0.3 is 12.1 Å². The standard InChI is InChI=1S/C22H17ClN4O4S.C2HF3O2/c23-17-9-8-16(32-17)20(28)26-15-3-1-2-14-19(15)22(30)27(21(14)29)10-12-4-6-13(7-5-12)31-11-18(24)25;3-2(4,5)1(6)7/h1-9H,10-11H2,(H3,24,25)(H,26,28);(H,6,7). The number of amidine groups is 1. The maximum Gasteiger partial charge on any atom is 0.490 e. The molecule has 3 aromatic rings. The van der Waals surface area contributed by atoms with Crippen molar-refractivity contribution < 1.29 is 42.2 Å². The second-order valence-electron chi connectivity index (χ2n) is 7.74. The Morgan fingerprint density at radius 3 is 2.26 bits per heavy atom. The third-order valence-corrected chi connectivity index (χ3v) is 6.18. The van der Waals surface area contributed by atoms with Gasteiger partial charge in [-0.1, -0.05) is 29.8 Å². The number of nitrogens with one attached hydrogen (secondary N) is 2. The predicted molar refractivity (Wildman–Crippen MR) is 135 cm³/mol. The number of hydrogen-bond donors (Lipinski definition) is 4. The lowest BCUT2D eigenvalue weighted by atomic mass is 10.1. The number of aliphatic carboxylic acids is 1. The Kier molecular flexibility index (Phi) is 8.93. The number of ether oxygens (including phenoxy) is 1. The quantitative estimate of drug-likeness (QED) is 0.182. The molecular weight excluding hydrogens is 565 g/mol. The van der Waals surface area contributed by atoms with Crippen LogP contribution < -0.4 is 15.8 Å². The van der Waals surface area contributed by atoms with Gasteiger partial charge in [-0.05, 0) is 42.0 Å². The average molecular weight is 583 g/mol. The molecule has 15 heteroatoms. The van der Waals surface area contributed by atoms with E-state index in [4.69, 9.17) is 37.4 Å². The molecular formula is C24H18ClF3N4O6S. The highest BCUT2D eigenvalue weighted by Crippen LogP contribution is 2.31. The van der Waals surface area contributed by atoms with Gasteiger partial charge in [0.25, 0.3) is 17.7 Å². The Morgan fingerprint density at radius 2 is 1.72 bits per heavy atom. The van der Waals surface area contributed by atoms with Crippen LogP contribution in [0.1, 0.15) is 36.0 Å². The minimum Gasteiger partial charge on any atom is -0.486 e. The third kappa shape index (κ3) is 7.33. The maximum absolute atomic E-state index is 13.1. The van der Waals surface area contributed by atoms with Crippen molar-refractivity contribution in [2.45, 2.75) is 12.7 Å². The van der Waals surface area contributed by atoms with Gasteiger partial charge in [0.2, 0.25) is 0 Å². The molecule has 0 atom stereocenters. The normalized spacial score (nSPS) is 12.4. The highest BCUT2D eigenvalue weighted by Gasteiger charge is 2.39. The van der Waals surface area contributed by atoms with E-state index in [1.807, 2.05) is 0 Å². The van der Waals surface area contributed by atoms with Crippen molar-refractivity contribution in [1.82, 2.24) is 4.90 Å². The number of amides is 3. The number of imide groups is 1. The van der Waals surface area contributed by atoms with Gasteiger partial charge in [-0.2, -0.15) is 13.2 Å². The number of nitrogens with two attached hydrogens (primary N) is 1. The first-order valence-corrected chi connectivity index (χ1v) is 11.9. The molecule has 0 radical (unpaired) electrons. The summed E-state index contributed by atoms with van der Waals surface area (Å²) in [5.74, 6) is -3.66. The van der Waals surface area contributed by atoms with Gasteiger partial charge in [-0.15, -0.1) is 11.3 Å². The van der Waals surface area contributed by atoms with Crippen LogP contribution in [0.5, 0.6) is 5.75 Å². The molecule has 10 nitrogen and oxygen atoms in total. The van der Waals surface area contributed by atoms with E-state index in [1.54, 1.807) is 54.6 Å². The van der Waals surface area contributed by atoms with Gasteiger partial charge in [-0.3, -0.25) is 24.7 Å². The fourth-order valence-corrected chi connectivity index (χ4v) is 4.17. The average Bonchev–Trinajstić information content (AvgIpc) is 3.41. The molecule has 0 aliphatic carbocycles. The van der Waals surface area contributed by atoms with Crippen molar-refractivity contribution in [3.8, 4) is 5.75 Å². The molecule has 3 amide bonds. The number of benzene rings is 2. The molecule has 5 N–H and O–H groups in total. The second kappa shape index (κ2) is 12.0. The highest BCUT2D eigenvalue weighted by atomic mass is 35.5. The van der Waals surface area contributed by atoms with Crippen molar-refractivity contribution in [2.75, 3.05) is 11.9 Å². The summed E-state index contributed by atoms with van der Waals surface area (Å²) in [6, 6.07) is 14.8. The summed E-state index contributed by atoms with van der Waals surface area (Å²) in [6.07, 6.45) is -5.08. The number of anilines is 1. The first kappa shape index (κ1) is 29.1. The summed E-state index contributed by atoms with van der Waals surface area (Å²) in [5.41, 5.74) is 6.66. The molecule has 0 saturated heterocycles. The molecule has 2 aromatic carbocycles. The first-order valence-electron chi connectivity index (χ1n) is 10.7. The zero-order valence-corrected chi connectivity index (χ0v) is 21.1. The van der Waals surface area contributed by atoms with Crippen LogP contribution >= 0.6 is 22.9 Å². The zero-order valence-electron chi connectivity index (χ0n) is 19.5. The molecule has 0 fully saturated rings. The number of carbonyl (C=O) groups is 4. The molecule has 4 rings (SSSR count). The fourth-order valence-electron chi connectivity index (χ4n) is 3.24. The van der Waals surface area contributed by atoms with Gasteiger partial charge in [0.15, 0.2) is 0 Å². The van der Waals surface area contributed by atoms with Gasteiger partial charge in [-0.25, -0.2) is 4.79 Å². The smallest absolute Gasteiger partial charge is 0.486 e. The van der Waals surface area contributed by atoms with E-state index in [1.165, 1.54) is 0 Å². The number of thiophene rings is 1. The lowest BCUT2D eigenvalue weighted by molar-refractivity contribution is -0.192. The molecule has 1 aliphatic rings. The summed E-state index contributed by atoms with van der Waals surface area (Å²) in [7, 11) is 0. The minimum absolute atomic E-state index is 0.0239. The van der Waals surface area contributed by atoms with Crippen LogP contribution in [0.4, 0.5) is 18.9 Å². The van der Waals surface area contributed by atoms with E-state index < -0.39 is 29.9 Å². The Morgan fingerprint density at radius 1 is 1.08 bits per heavy atom. The number of carboxylic acids is 1. The molecule has 0 spiro atoms. The Bertz CT molecular complexity index is 1440. The first-order chi connectivity index (χ1) is 18.3. The summed E-state index contributed by atoms with van der Waals surface area (Å²) in [5, 5.41) is 17.0. The molecule has 0 saturated carbocycles. The molecule has 39 heavy (non-hydrogen) atoms. The van der Waals surface area contributed by atoms with E-state index in [0.29, 0.717) is 20.5 Å². The topological polar surface area (TPSA) is 163 Å². The lowest BCUT2D eigenvalue weighted by Crippen LogP contribution is -2.29. The van der Waals surface area contributed by atoms with E-state index >= 15 is 0 Å². The van der Waals surface area contributed by atoms with Crippen LogP contribution in [0.3, 0.4) is 0 Å². The third-order valence-electron chi connectivity index (χ3n) is 4.95. The monoisotopic (exact) mass is 582 g/mol. The van der Waals surface area contributed by atoms with E-state index in [0.717, 1.165) is 16.2 Å². The minimum atomic E-state index is -5.08. The predicted octanol–water partition coefficient (Wildman–Crippen LogP) is 4.40. The van der Waals surface area contributed by atoms with E-state index in [2.05, 4.69) is 5.32 Å². The van der Waals surface area contributed by atoms with Crippen LogP contribution in [0.2, 0.25) is 4.34 Å². The zero-order chi connectivity index (χ0) is 28.9. The molecule has 0 bridgehead atoms. The summed E-state index contributed by atoms with van der Waals surface area (Å²) >= 11 is 7.01. The maximum atomic E-state index is 13.1. The van der Waals surface area contributed by atoms with Crippen LogP contribution in [0.15, 0.2) is 54.6 Å². The van der Waals surface area contributed by atoms with Gasteiger partial charge in [0, 0.05) is 0 Å². The second-order valence-corrected chi connectivity index (χ2v) is 9.46. The number of alkyl halides is 3. The fraction of sp³-hybridized carbons (Fsp3) is 0.125. The highest BCUT2D eigenvalue weighted by molar-refractivity contribution is 7.18. The number of carboxylic acid groups (broad SMARTS) is 1. The van der Waals surface area contributed by atoms with Gasteiger partial charge in [0.1, 0.15) is 18.2 Å². The number of halogens is 4. The number of carbonyl (C=O) groups excluding carboxylic acids is 3. The SMILES string of the molecule is N=C(N)COc1ccc(CN2C(=O)c3cccc(NC(=O)c4ccc(Cl)s4)c3C2=O)cc1.O=C(O)C(F)(F)F. The van der Waals surface area contributed by atoms with Crippen LogP contribution in [-0.2, 0) is 11.3 Å². The van der Waals surface area contributed by atoms with Crippen LogP contribution in [-0.4, -0.2) is 52.3 Å². The Hall–Kier alpha value is -4.43. The summed E-state index contributed by atoms with van der Waals surface area (Å²) in [6.45, 7) is 0.0389. The lowest BCUT2D eigenvalue weighted by Gasteiger charge is -2.14. The molecule has 2 heterocycles. The largest absolute Gasteiger partial charge is 0.490 e. The summed E-state index contributed by atoms with van der Waals surface area (Å²) in [4.78, 5) is 48.9. The Balaban J connectivity index is 0.000000532. The molecule has 1 aliphatic heterocycles. The van der Waals surface area contributed by atoms with E-state index in [9.17, 15) is 27.6 Å². The van der Waals surface area contributed by atoms with Gasteiger partial charge < -0.3 is 20.9 Å². The van der Waals surface area contributed by atoms with Crippen molar-refractivity contribution in [1.29, 1.82) is 5.41 Å². The number of hydrogen-bond acceptors (Lipinski definition) is 7. The van der Waals surface area contributed by atoms with Crippen LogP contribution in [0, 0.1) is 5.41 Å². The van der Waals surface area contributed by atoms with Crippen molar-refractivity contribution in [2.24, 2.45) is 5.73 Å². The number of fused-ring (bicyclic) bond motifs is 1. The molecule has 204 valence electrons. The van der Waals surface area contributed by atoms with Crippen molar-refractivity contribution in [3.63, 3.8) is 0 Å². The molecule has 0 unspecified atom stereocenters. The van der Waals surface area contributed by atoms with E-state index in [-0.39, 0.29) is 35.8 Å².